The molecule has 0 atom stereocenters. The van der Waals surface area contributed by atoms with Crippen LogP contribution in [0, 0.1) is 0 Å². The fourth-order valence-electron chi connectivity index (χ4n) is 1.00. The van der Waals surface area contributed by atoms with Gasteiger partial charge in [0.25, 0.3) is 0 Å². The molecule has 8 heteroatoms. The standard InChI is InChI=1S/C9H13N.AsF6/c1-10(2)8-9-6-4-3-5-7-9;2-1(3,4,5,6)7/h3-7H,8H2,1-2H3;/q;-1/p+1. The van der Waals surface area contributed by atoms with Gasteiger partial charge in [-0.05, 0) is 0 Å². The predicted molar refractivity (Wildman–Crippen MR) is 55.4 cm³/mol. The van der Waals surface area contributed by atoms with Crippen molar-refractivity contribution in [2.24, 2.45) is 0 Å². The van der Waals surface area contributed by atoms with Gasteiger partial charge in [-0.2, -0.15) is 0 Å². The molecule has 0 aromatic heterocycles. The van der Waals surface area contributed by atoms with Gasteiger partial charge in [-0.15, -0.1) is 0 Å². The van der Waals surface area contributed by atoms with Crippen molar-refractivity contribution in [1.29, 1.82) is 0 Å². The molecule has 1 nitrogen and oxygen atoms in total. The molecule has 0 saturated carbocycles. The molecule has 102 valence electrons. The van der Waals surface area contributed by atoms with Gasteiger partial charge in [0.1, 0.15) is 6.54 Å². The van der Waals surface area contributed by atoms with Gasteiger partial charge in [0.05, 0.1) is 14.1 Å². The molecule has 0 aliphatic carbocycles. The fraction of sp³-hybridized carbons (Fsp3) is 0.333. The summed E-state index contributed by atoms with van der Waals surface area (Å²) in [6, 6.07) is 10.5. The van der Waals surface area contributed by atoms with Gasteiger partial charge in [0.2, 0.25) is 0 Å². The van der Waals surface area contributed by atoms with E-state index in [0.29, 0.717) is 0 Å². The Morgan fingerprint density at radius 2 is 1.24 bits per heavy atom. The number of hydrogen-bond acceptors (Lipinski definition) is 0. The first kappa shape index (κ1) is 16.3. The molecule has 0 aliphatic rings. The average Bonchev–Trinajstić information content (AvgIpc) is 1.98. The van der Waals surface area contributed by atoms with Crippen molar-refractivity contribution in [3.05, 3.63) is 35.9 Å². The monoisotopic (exact) mass is 325 g/mol. The number of hydrogen-bond donors (Lipinski definition) is 1. The van der Waals surface area contributed by atoms with E-state index in [-0.39, 0.29) is 0 Å². The molecule has 1 aromatic carbocycles. The van der Waals surface area contributed by atoms with E-state index < -0.39 is 14.2 Å². The van der Waals surface area contributed by atoms with Crippen LogP contribution in [0.5, 0.6) is 0 Å². The van der Waals surface area contributed by atoms with Crippen LogP contribution in [-0.2, 0) is 6.54 Å². The van der Waals surface area contributed by atoms with Crippen LogP contribution in [0.1, 0.15) is 5.56 Å². The van der Waals surface area contributed by atoms with Gasteiger partial charge in [-0.1, -0.05) is 30.3 Å². The second kappa shape index (κ2) is 4.53. The summed E-state index contributed by atoms with van der Waals surface area (Å²) < 4.78 is 59.4. The van der Waals surface area contributed by atoms with E-state index in [0.717, 1.165) is 6.54 Å². The molecule has 0 fully saturated rings. The quantitative estimate of drug-likeness (QED) is 0.629. The first-order valence-electron chi connectivity index (χ1n) is 4.63. The van der Waals surface area contributed by atoms with Crippen LogP contribution >= 0.6 is 0 Å². The van der Waals surface area contributed by atoms with Crippen molar-refractivity contribution in [2.75, 3.05) is 14.1 Å². The Morgan fingerprint density at radius 1 is 0.882 bits per heavy atom. The molecule has 0 aliphatic heterocycles. The van der Waals surface area contributed by atoms with E-state index in [1.165, 1.54) is 10.5 Å². The normalized spacial score (nSPS) is 15.6. The minimum atomic E-state index is -11.1. The van der Waals surface area contributed by atoms with Gasteiger partial charge in [0.15, 0.2) is 0 Å². The third-order valence-electron chi connectivity index (χ3n) is 1.40. The summed E-state index contributed by atoms with van der Waals surface area (Å²) in [6.45, 7) is 1.11. The summed E-state index contributed by atoms with van der Waals surface area (Å²) in [4.78, 5) is 1.46. The topological polar surface area (TPSA) is 4.44 Å². The summed E-state index contributed by atoms with van der Waals surface area (Å²) in [5, 5.41) is 0. The molecule has 0 radical (unpaired) electrons. The van der Waals surface area contributed by atoms with Crippen LogP contribution in [0.4, 0.5) is 20.8 Å². The zero-order valence-electron chi connectivity index (χ0n) is 9.31. The molecule has 1 N–H and O–H groups in total. The second-order valence-electron chi connectivity index (χ2n) is 3.83. The number of halogens is 6. The minimum absolute atomic E-state index is 1.11. The van der Waals surface area contributed by atoms with Crippen LogP contribution in [0.3, 0.4) is 0 Å². The van der Waals surface area contributed by atoms with Crippen LogP contribution in [0.2, 0.25) is 0 Å². The zero-order chi connectivity index (χ0) is 13.8. The summed E-state index contributed by atoms with van der Waals surface area (Å²) in [5.41, 5.74) is 1.41. The van der Waals surface area contributed by atoms with Gasteiger partial charge >= 0.3 is 35.0 Å². The molecule has 1 rings (SSSR count). The Kier molecular flexibility index (Phi) is 4.35. The summed E-state index contributed by atoms with van der Waals surface area (Å²) >= 11 is -11.1. The summed E-state index contributed by atoms with van der Waals surface area (Å²) in [7, 11) is 4.32. The zero-order valence-corrected chi connectivity index (χ0v) is 11.2. The average molecular weight is 325 g/mol. The van der Waals surface area contributed by atoms with Crippen molar-refractivity contribution >= 4 is 14.2 Å². The van der Waals surface area contributed by atoms with E-state index in [1.54, 1.807) is 0 Å². The Labute approximate surface area is 96.9 Å². The molecule has 0 amide bonds. The van der Waals surface area contributed by atoms with Gasteiger partial charge in [-0.25, -0.2) is 0 Å². The second-order valence-corrected chi connectivity index (χ2v) is 7.85. The molecular formula is C9H14AsF6N. The third kappa shape index (κ3) is 21.2. The van der Waals surface area contributed by atoms with Gasteiger partial charge < -0.3 is 4.90 Å². The molecule has 17 heavy (non-hydrogen) atoms. The first-order chi connectivity index (χ1) is 7.24. The fourth-order valence-corrected chi connectivity index (χ4v) is 1.00. The van der Waals surface area contributed by atoms with Crippen LogP contribution < -0.4 is 4.90 Å². The van der Waals surface area contributed by atoms with Crippen molar-refractivity contribution in [3.8, 4) is 0 Å². The number of benzene rings is 1. The van der Waals surface area contributed by atoms with Gasteiger partial charge in [-0.3, -0.25) is 0 Å². The Balaban J connectivity index is 0.000000325. The molecule has 0 bridgehead atoms. The van der Waals surface area contributed by atoms with E-state index in [9.17, 15) is 20.8 Å². The summed E-state index contributed by atoms with van der Waals surface area (Å²) in [5.74, 6) is 0. The van der Waals surface area contributed by atoms with Crippen LogP contribution in [0.15, 0.2) is 30.3 Å². The number of nitrogens with one attached hydrogen (secondary N) is 1. The molecule has 0 saturated heterocycles. The summed E-state index contributed by atoms with van der Waals surface area (Å²) in [6.07, 6.45) is 0. The van der Waals surface area contributed by atoms with E-state index in [2.05, 4.69) is 44.4 Å². The van der Waals surface area contributed by atoms with Crippen molar-refractivity contribution < 1.29 is 25.7 Å². The maximum atomic E-state index is 9.91. The van der Waals surface area contributed by atoms with E-state index in [1.807, 2.05) is 0 Å². The van der Waals surface area contributed by atoms with Crippen molar-refractivity contribution in [2.45, 2.75) is 6.54 Å². The predicted octanol–water partition coefficient (Wildman–Crippen LogP) is 2.47. The van der Waals surface area contributed by atoms with Crippen molar-refractivity contribution in [3.63, 3.8) is 0 Å². The Bertz CT molecular complexity index is 332. The molecular weight excluding hydrogens is 311 g/mol. The molecule has 0 spiro atoms. The van der Waals surface area contributed by atoms with E-state index in [4.69, 9.17) is 0 Å². The maximum absolute atomic E-state index is 11.1. The molecule has 0 unspecified atom stereocenters. The Morgan fingerprint density at radius 3 is 1.53 bits per heavy atom. The van der Waals surface area contributed by atoms with Crippen molar-refractivity contribution in [1.82, 2.24) is 0 Å². The van der Waals surface area contributed by atoms with E-state index >= 15 is 0 Å². The molecule has 0 heterocycles. The number of quaternary nitrogens is 1. The van der Waals surface area contributed by atoms with Gasteiger partial charge in [0, 0.05) is 5.56 Å². The third-order valence-corrected chi connectivity index (χ3v) is 1.40. The SMILES string of the molecule is C[NH+](C)Cc1ccccc1.F[As-](F)(F)(F)(F)F. The Hall–Kier alpha value is -0.682. The number of rotatable bonds is 2. The van der Waals surface area contributed by atoms with Crippen LogP contribution in [0.25, 0.3) is 0 Å². The first-order valence-corrected chi connectivity index (χ1v) is 8.89. The van der Waals surface area contributed by atoms with Crippen LogP contribution in [-0.4, -0.2) is 28.3 Å². The molecule has 1 aromatic rings.